The standard InChI is InChI=1S/C24H33FN3O8P/c1-16(2)35-24(29)28-12-9-18(10-13-28)36-21-8-11-26-23(22(21)33-3)27-20-7-6-17(15-19(20)25)5-4-14-34-37(30,31)32/h6-8,11,15-16,18H,4-5,9-10,12-14H2,1-3H3,(H,26,27)(H2,30,31,32). The monoisotopic (exact) mass is 541 g/mol. The molecule has 37 heavy (non-hydrogen) atoms. The molecule has 1 aromatic heterocycles. The number of carbonyl (C=O) groups is 1. The number of benzene rings is 1. The fourth-order valence-corrected chi connectivity index (χ4v) is 4.19. The van der Waals surface area contributed by atoms with Crippen molar-refractivity contribution in [1.29, 1.82) is 0 Å². The summed E-state index contributed by atoms with van der Waals surface area (Å²) in [6.45, 7) is 4.50. The van der Waals surface area contributed by atoms with Crippen molar-refractivity contribution in [3.63, 3.8) is 0 Å². The molecule has 1 aromatic carbocycles. The van der Waals surface area contributed by atoms with E-state index in [2.05, 4.69) is 14.8 Å². The Kier molecular flexibility index (Phi) is 10.1. The number of carbonyl (C=O) groups excluding carboxylic acids is 1. The topological polar surface area (TPSA) is 140 Å². The van der Waals surface area contributed by atoms with Crippen molar-refractivity contribution >= 4 is 25.4 Å². The molecule has 0 atom stereocenters. The number of anilines is 2. The number of pyridine rings is 1. The van der Waals surface area contributed by atoms with Gasteiger partial charge in [-0.15, -0.1) is 0 Å². The van der Waals surface area contributed by atoms with E-state index < -0.39 is 13.6 Å². The molecule has 204 valence electrons. The second-order valence-electron chi connectivity index (χ2n) is 8.79. The quantitative estimate of drug-likeness (QED) is 0.277. The van der Waals surface area contributed by atoms with Crippen molar-refractivity contribution < 1.29 is 42.3 Å². The van der Waals surface area contributed by atoms with Gasteiger partial charge in [-0.05, 0) is 44.4 Å². The van der Waals surface area contributed by atoms with Gasteiger partial charge in [-0.1, -0.05) is 6.07 Å². The van der Waals surface area contributed by atoms with E-state index in [1.54, 1.807) is 23.1 Å². The highest BCUT2D eigenvalue weighted by molar-refractivity contribution is 7.46. The number of rotatable bonds is 11. The number of phosphoric ester groups is 1. The Morgan fingerprint density at radius 2 is 2.00 bits per heavy atom. The zero-order chi connectivity index (χ0) is 27.0. The van der Waals surface area contributed by atoms with Crippen LogP contribution < -0.4 is 14.8 Å². The lowest BCUT2D eigenvalue weighted by molar-refractivity contribution is 0.0511. The van der Waals surface area contributed by atoms with E-state index in [9.17, 15) is 13.8 Å². The number of methoxy groups -OCH3 is 1. The average molecular weight is 542 g/mol. The number of likely N-dealkylation sites (tertiary alicyclic amines) is 1. The normalized spacial score (nSPS) is 14.5. The Bertz CT molecular complexity index is 1110. The van der Waals surface area contributed by atoms with E-state index in [4.69, 9.17) is 24.0 Å². The molecule has 0 radical (unpaired) electrons. The third-order valence-corrected chi connectivity index (χ3v) is 6.08. The van der Waals surface area contributed by atoms with Gasteiger partial charge in [0.15, 0.2) is 11.6 Å². The third-order valence-electron chi connectivity index (χ3n) is 5.56. The molecule has 1 fully saturated rings. The van der Waals surface area contributed by atoms with Crippen molar-refractivity contribution in [3.8, 4) is 11.5 Å². The molecule has 3 N–H and O–H groups in total. The molecule has 3 rings (SSSR count). The van der Waals surface area contributed by atoms with Crippen LogP contribution in [0, 0.1) is 5.82 Å². The van der Waals surface area contributed by atoms with Crippen molar-refractivity contribution in [2.45, 2.75) is 51.7 Å². The van der Waals surface area contributed by atoms with Crippen LogP contribution in [0.15, 0.2) is 30.5 Å². The predicted octanol–water partition coefficient (Wildman–Crippen LogP) is 4.40. The van der Waals surface area contributed by atoms with Crippen molar-refractivity contribution in [2.24, 2.45) is 0 Å². The number of phosphoric acid groups is 1. The second kappa shape index (κ2) is 13.0. The SMILES string of the molecule is COc1c(OC2CCN(C(=O)OC(C)C)CC2)ccnc1Nc1ccc(CCCOP(=O)(O)O)cc1F. The summed E-state index contributed by atoms with van der Waals surface area (Å²) in [7, 11) is -3.04. The number of aryl methyl sites for hydroxylation is 1. The molecule has 1 saturated heterocycles. The first-order valence-corrected chi connectivity index (χ1v) is 13.5. The van der Waals surface area contributed by atoms with Crippen LogP contribution in [0.25, 0.3) is 0 Å². The maximum absolute atomic E-state index is 14.8. The minimum absolute atomic E-state index is 0.138. The van der Waals surface area contributed by atoms with Gasteiger partial charge in [-0.25, -0.2) is 18.7 Å². The summed E-state index contributed by atoms with van der Waals surface area (Å²) < 4.78 is 46.8. The first-order valence-electron chi connectivity index (χ1n) is 12.0. The van der Waals surface area contributed by atoms with Gasteiger partial charge in [-0.2, -0.15) is 0 Å². The molecular formula is C24H33FN3O8P. The van der Waals surface area contributed by atoms with E-state index in [0.29, 0.717) is 55.8 Å². The molecule has 0 unspecified atom stereocenters. The lowest BCUT2D eigenvalue weighted by atomic mass is 10.1. The van der Waals surface area contributed by atoms with Gasteiger partial charge in [0.25, 0.3) is 0 Å². The molecule has 11 nitrogen and oxygen atoms in total. The first kappa shape index (κ1) is 28.6. The Morgan fingerprint density at radius 1 is 1.27 bits per heavy atom. The molecule has 2 heterocycles. The molecule has 0 saturated carbocycles. The lowest BCUT2D eigenvalue weighted by Gasteiger charge is -2.32. The minimum atomic E-state index is -4.51. The highest BCUT2D eigenvalue weighted by Gasteiger charge is 2.26. The van der Waals surface area contributed by atoms with Gasteiger partial charge in [0.1, 0.15) is 11.9 Å². The molecular weight excluding hydrogens is 508 g/mol. The molecule has 0 spiro atoms. The third kappa shape index (κ3) is 8.85. The second-order valence-corrected chi connectivity index (χ2v) is 10.0. The number of amides is 1. The maximum atomic E-state index is 14.8. The van der Waals surface area contributed by atoms with Crippen LogP contribution in [0.2, 0.25) is 0 Å². The van der Waals surface area contributed by atoms with Gasteiger partial charge in [0.05, 0.1) is 25.5 Å². The van der Waals surface area contributed by atoms with Crippen LogP contribution >= 0.6 is 7.82 Å². The number of hydrogen-bond acceptors (Lipinski definition) is 8. The first-order chi connectivity index (χ1) is 17.6. The average Bonchev–Trinajstić information content (AvgIpc) is 2.83. The summed E-state index contributed by atoms with van der Waals surface area (Å²) in [5, 5.41) is 2.94. The molecule has 0 bridgehead atoms. The Hall–Kier alpha value is -2.92. The summed E-state index contributed by atoms with van der Waals surface area (Å²) >= 11 is 0. The van der Waals surface area contributed by atoms with Crippen LogP contribution in [-0.4, -0.2) is 64.8 Å². The Balaban J connectivity index is 1.60. The zero-order valence-electron chi connectivity index (χ0n) is 21.1. The molecule has 1 aliphatic heterocycles. The number of halogens is 1. The predicted molar refractivity (Wildman–Crippen MR) is 134 cm³/mol. The molecule has 13 heteroatoms. The van der Waals surface area contributed by atoms with Crippen LogP contribution in [0.4, 0.5) is 20.7 Å². The molecule has 1 aliphatic rings. The van der Waals surface area contributed by atoms with Crippen molar-refractivity contribution in [2.75, 3.05) is 32.1 Å². The number of nitrogens with one attached hydrogen (secondary N) is 1. The van der Waals surface area contributed by atoms with Crippen LogP contribution in [0.1, 0.15) is 38.7 Å². The maximum Gasteiger partial charge on any atom is 0.469 e. The molecule has 0 aliphatic carbocycles. The van der Waals surface area contributed by atoms with E-state index >= 15 is 0 Å². The highest BCUT2D eigenvalue weighted by atomic mass is 31.2. The fraction of sp³-hybridized carbons (Fsp3) is 0.500. The van der Waals surface area contributed by atoms with Crippen molar-refractivity contribution in [3.05, 3.63) is 41.8 Å². The summed E-state index contributed by atoms with van der Waals surface area (Å²) in [6, 6.07) is 6.26. The van der Waals surface area contributed by atoms with Crippen LogP contribution in [0.3, 0.4) is 0 Å². The molecule has 2 aromatic rings. The van der Waals surface area contributed by atoms with Crippen LogP contribution in [0.5, 0.6) is 11.5 Å². The number of ether oxygens (including phenoxy) is 3. The zero-order valence-corrected chi connectivity index (χ0v) is 21.9. The van der Waals surface area contributed by atoms with Crippen molar-refractivity contribution in [1.82, 2.24) is 9.88 Å². The smallest absolute Gasteiger partial charge is 0.469 e. The number of aromatic nitrogens is 1. The van der Waals surface area contributed by atoms with E-state index in [1.807, 2.05) is 13.8 Å². The summed E-state index contributed by atoms with van der Waals surface area (Å²) in [4.78, 5) is 35.5. The number of hydrogen-bond donors (Lipinski definition) is 3. The van der Waals surface area contributed by atoms with Gasteiger partial charge < -0.3 is 34.2 Å². The van der Waals surface area contributed by atoms with E-state index in [0.717, 1.165) is 0 Å². The largest absolute Gasteiger partial charge is 0.490 e. The lowest BCUT2D eigenvalue weighted by Crippen LogP contribution is -2.42. The molecule has 1 amide bonds. The van der Waals surface area contributed by atoms with Gasteiger partial charge in [-0.3, -0.25) is 4.52 Å². The van der Waals surface area contributed by atoms with Gasteiger partial charge >= 0.3 is 13.9 Å². The van der Waals surface area contributed by atoms with Gasteiger partial charge in [0.2, 0.25) is 5.75 Å². The van der Waals surface area contributed by atoms with Crippen LogP contribution in [-0.2, 0) is 20.2 Å². The Labute approximate surface area is 215 Å². The fourth-order valence-electron chi connectivity index (χ4n) is 3.82. The van der Waals surface area contributed by atoms with E-state index in [-0.39, 0.29) is 36.4 Å². The number of piperidine rings is 1. The van der Waals surface area contributed by atoms with E-state index in [1.165, 1.54) is 19.4 Å². The number of nitrogens with zero attached hydrogens (tertiary/aromatic N) is 2. The van der Waals surface area contributed by atoms with Gasteiger partial charge in [0, 0.05) is 38.2 Å². The summed E-state index contributed by atoms with van der Waals surface area (Å²) in [5.74, 6) is 0.524. The minimum Gasteiger partial charge on any atom is -0.490 e. The highest BCUT2D eigenvalue weighted by Crippen LogP contribution is 2.37. The summed E-state index contributed by atoms with van der Waals surface area (Å²) in [5.41, 5.74) is 0.827. The summed E-state index contributed by atoms with van der Waals surface area (Å²) in [6.07, 6.45) is 2.84. The Morgan fingerprint density at radius 3 is 2.62 bits per heavy atom.